The number of nitrogens with zero attached hydrogens (tertiary/aromatic N) is 4. The zero-order chi connectivity index (χ0) is 30.9. The summed E-state index contributed by atoms with van der Waals surface area (Å²) >= 11 is 1.01. The number of aliphatic imine (C=N–C) groups is 1. The lowest BCUT2D eigenvalue weighted by atomic mass is 9.87. The molecule has 11 nitrogen and oxygen atoms in total. The van der Waals surface area contributed by atoms with Crippen LogP contribution in [0.15, 0.2) is 17.1 Å². The first-order chi connectivity index (χ1) is 21.2. The second-order valence-electron chi connectivity index (χ2n) is 12.0. The van der Waals surface area contributed by atoms with Gasteiger partial charge in [0.05, 0.1) is 35.3 Å². The van der Waals surface area contributed by atoms with E-state index in [4.69, 9.17) is 20.2 Å². The number of amides is 1. The maximum Gasteiger partial charge on any atom is 0.244 e. The number of amidine groups is 1. The number of thiophene rings is 1. The molecule has 2 fully saturated rings. The fourth-order valence-electron chi connectivity index (χ4n) is 7.05. The SMILES string of the molecule is COC1CN(C2N=C(NC3CCCN(C)C3=O)c3c4c(c(-c5ccc(F)c6sc(N)c(C#N)c56)c(O)c3N2)COC4)CC1C. The van der Waals surface area contributed by atoms with Gasteiger partial charge < -0.3 is 35.8 Å². The zero-order valence-electron chi connectivity index (χ0n) is 24.7. The molecule has 0 radical (unpaired) electrons. The zero-order valence-corrected chi connectivity index (χ0v) is 25.6. The Morgan fingerprint density at radius 1 is 1.30 bits per heavy atom. The predicted molar refractivity (Wildman–Crippen MR) is 166 cm³/mol. The van der Waals surface area contributed by atoms with Crippen molar-refractivity contribution in [2.75, 3.05) is 44.8 Å². The smallest absolute Gasteiger partial charge is 0.244 e. The van der Waals surface area contributed by atoms with Gasteiger partial charge >= 0.3 is 0 Å². The lowest BCUT2D eigenvalue weighted by Gasteiger charge is -2.36. The number of phenols is 1. The molecular weight excluding hydrogens is 585 g/mol. The third-order valence-electron chi connectivity index (χ3n) is 9.34. The van der Waals surface area contributed by atoms with Crippen molar-refractivity contribution >= 4 is 43.9 Å². The molecule has 13 heteroatoms. The van der Waals surface area contributed by atoms with Crippen LogP contribution in [0.4, 0.5) is 15.1 Å². The number of likely N-dealkylation sites (N-methyl/N-ethyl adjacent to an activating group) is 1. The number of ether oxygens (including phenoxy) is 2. The lowest BCUT2D eigenvalue weighted by Crippen LogP contribution is -2.53. The van der Waals surface area contributed by atoms with E-state index in [9.17, 15) is 19.6 Å². The second-order valence-corrected chi connectivity index (χ2v) is 13.0. The van der Waals surface area contributed by atoms with Crippen LogP contribution in [-0.2, 0) is 27.5 Å². The van der Waals surface area contributed by atoms with Gasteiger partial charge in [0.25, 0.3) is 0 Å². The molecule has 0 bridgehead atoms. The van der Waals surface area contributed by atoms with Gasteiger partial charge in [0.2, 0.25) is 5.91 Å². The summed E-state index contributed by atoms with van der Waals surface area (Å²) in [4.78, 5) is 22.1. The number of halogens is 1. The normalized spacial score (nSPS) is 25.0. The molecular formula is C31H34FN7O4S. The summed E-state index contributed by atoms with van der Waals surface area (Å²) in [5.41, 5.74) is 9.91. The highest BCUT2D eigenvalue weighted by atomic mass is 32.1. The first-order valence-corrected chi connectivity index (χ1v) is 15.6. The van der Waals surface area contributed by atoms with Crippen molar-refractivity contribution in [3.8, 4) is 22.9 Å². The van der Waals surface area contributed by atoms with Crippen LogP contribution in [0.5, 0.6) is 5.75 Å². The maximum atomic E-state index is 15.0. The summed E-state index contributed by atoms with van der Waals surface area (Å²) in [5.74, 6) is 0.222. The third-order valence-corrected chi connectivity index (χ3v) is 10.4. The van der Waals surface area contributed by atoms with Gasteiger partial charge in [0.15, 0.2) is 6.29 Å². The molecule has 7 rings (SSSR count). The predicted octanol–water partition coefficient (Wildman–Crippen LogP) is 3.53. The van der Waals surface area contributed by atoms with Gasteiger partial charge in [0, 0.05) is 50.3 Å². The highest BCUT2D eigenvalue weighted by Gasteiger charge is 2.40. The molecule has 4 unspecified atom stereocenters. The molecule has 230 valence electrons. The number of likely N-dealkylation sites (tertiary alicyclic amines) is 2. The number of methoxy groups -OCH3 is 1. The van der Waals surface area contributed by atoms with E-state index in [0.29, 0.717) is 59.7 Å². The number of nitrogens with one attached hydrogen (secondary N) is 2. The fraction of sp³-hybridized carbons (Fsp3) is 0.452. The second kappa shape index (κ2) is 10.9. The average Bonchev–Trinajstić information content (AvgIpc) is 3.73. The van der Waals surface area contributed by atoms with E-state index in [1.807, 2.05) is 0 Å². The molecule has 3 aromatic rings. The van der Waals surface area contributed by atoms with Gasteiger partial charge in [0.1, 0.15) is 34.5 Å². The van der Waals surface area contributed by atoms with Crippen molar-refractivity contribution in [2.45, 2.75) is 51.4 Å². The Balaban J connectivity index is 1.42. The molecule has 0 saturated carbocycles. The number of piperidine rings is 1. The highest BCUT2D eigenvalue weighted by molar-refractivity contribution is 7.23. The molecule has 4 aliphatic heterocycles. The van der Waals surface area contributed by atoms with Crippen molar-refractivity contribution in [1.29, 1.82) is 5.26 Å². The van der Waals surface area contributed by atoms with Crippen LogP contribution in [0, 0.1) is 23.1 Å². The first-order valence-electron chi connectivity index (χ1n) is 14.7. The van der Waals surface area contributed by atoms with Crippen LogP contribution in [0.1, 0.15) is 42.0 Å². The van der Waals surface area contributed by atoms with Crippen molar-refractivity contribution in [1.82, 2.24) is 15.1 Å². The van der Waals surface area contributed by atoms with Crippen molar-refractivity contribution < 1.29 is 23.8 Å². The van der Waals surface area contributed by atoms with E-state index in [1.54, 1.807) is 25.1 Å². The molecule has 2 saturated heterocycles. The van der Waals surface area contributed by atoms with Crippen LogP contribution >= 0.6 is 11.3 Å². The van der Waals surface area contributed by atoms with Crippen LogP contribution in [0.3, 0.4) is 0 Å². The summed E-state index contributed by atoms with van der Waals surface area (Å²) in [7, 11) is 3.50. The van der Waals surface area contributed by atoms with Crippen molar-refractivity contribution in [3.05, 3.63) is 40.2 Å². The Kier molecular flexibility index (Phi) is 7.12. The molecule has 1 amide bonds. The van der Waals surface area contributed by atoms with Crippen LogP contribution in [0.2, 0.25) is 0 Å². The minimum atomic E-state index is -0.553. The Morgan fingerprint density at radius 3 is 2.80 bits per heavy atom. The summed E-state index contributed by atoms with van der Waals surface area (Å²) < 4.78 is 26.9. The number of carbonyl (C=O) groups excluding carboxylic acids is 1. The van der Waals surface area contributed by atoms with Gasteiger partial charge in [-0.3, -0.25) is 9.69 Å². The number of hydrogen-bond acceptors (Lipinski definition) is 11. The number of fused-ring (bicyclic) bond motifs is 4. The van der Waals surface area contributed by atoms with E-state index >= 15 is 0 Å². The monoisotopic (exact) mass is 619 g/mol. The molecule has 4 aliphatic rings. The quantitative estimate of drug-likeness (QED) is 0.322. The molecule has 5 heterocycles. The number of rotatable bonds is 4. The van der Waals surface area contributed by atoms with Gasteiger partial charge in [-0.1, -0.05) is 13.0 Å². The number of aromatic hydroxyl groups is 1. The maximum absolute atomic E-state index is 15.0. The molecule has 5 N–H and O–H groups in total. The summed E-state index contributed by atoms with van der Waals surface area (Å²) in [6.45, 7) is 4.63. The first kappa shape index (κ1) is 28.8. The Bertz CT molecular complexity index is 1770. The van der Waals surface area contributed by atoms with Crippen LogP contribution in [-0.4, -0.2) is 78.9 Å². The number of nitriles is 1. The van der Waals surface area contributed by atoms with Crippen LogP contribution in [0.25, 0.3) is 21.2 Å². The van der Waals surface area contributed by atoms with E-state index in [1.165, 1.54) is 6.07 Å². The van der Waals surface area contributed by atoms with Crippen LogP contribution < -0.4 is 16.4 Å². The lowest BCUT2D eigenvalue weighted by molar-refractivity contribution is -0.133. The molecule has 0 spiro atoms. The average molecular weight is 620 g/mol. The molecule has 44 heavy (non-hydrogen) atoms. The van der Waals surface area contributed by atoms with Crippen molar-refractivity contribution in [3.63, 3.8) is 0 Å². The Morgan fingerprint density at radius 2 is 2.07 bits per heavy atom. The van der Waals surface area contributed by atoms with E-state index in [0.717, 1.165) is 28.9 Å². The minimum Gasteiger partial charge on any atom is -0.505 e. The summed E-state index contributed by atoms with van der Waals surface area (Å²) in [5, 5.41) is 29.6. The number of benzene rings is 2. The number of nitrogens with two attached hydrogens (primary N) is 1. The van der Waals surface area contributed by atoms with E-state index < -0.39 is 18.1 Å². The standard InChI is InChI=1S/C31H34FN7O4S/c1-14-10-39(11-21(14)42-3)31-36-25-24(29(37-31)35-20-5-4-8-38(2)30(20)41)18-13-43-12-17(18)22(26(25)40)15-6-7-19(32)27-23(15)16(9-33)28(34)44-27/h6-7,14,20-21,31,36,40H,4-5,8,10-13,34H2,1-3H3,(H,35,37). The number of nitrogen functional groups attached to an aromatic ring is 1. The molecule has 0 aliphatic carbocycles. The molecule has 2 aromatic carbocycles. The number of carbonyl (C=O) groups is 1. The topological polar surface area (TPSA) is 148 Å². The molecule has 4 atom stereocenters. The number of phenolic OH excluding ortho intramolecular Hbond substituents is 1. The fourth-order valence-corrected chi connectivity index (χ4v) is 8.00. The van der Waals surface area contributed by atoms with E-state index in [2.05, 4.69) is 28.5 Å². The number of anilines is 2. The minimum absolute atomic E-state index is 0.00801. The van der Waals surface area contributed by atoms with Gasteiger partial charge in [-0.25, -0.2) is 9.38 Å². The Labute approximate surface area is 258 Å². The molecule has 1 aromatic heterocycles. The highest BCUT2D eigenvalue weighted by Crippen LogP contribution is 2.51. The van der Waals surface area contributed by atoms with E-state index in [-0.39, 0.29) is 52.2 Å². The number of hydrogen-bond donors (Lipinski definition) is 4. The summed E-state index contributed by atoms with van der Waals surface area (Å²) in [6, 6.07) is 4.58. The van der Waals surface area contributed by atoms with Gasteiger partial charge in [-0.05, 0) is 41.5 Å². The van der Waals surface area contributed by atoms with Gasteiger partial charge in [-0.2, -0.15) is 5.26 Å². The largest absolute Gasteiger partial charge is 0.505 e. The van der Waals surface area contributed by atoms with Gasteiger partial charge in [-0.15, -0.1) is 11.3 Å². The summed E-state index contributed by atoms with van der Waals surface area (Å²) in [6.07, 6.45) is 0.993. The third kappa shape index (κ3) is 4.39. The Hall–Kier alpha value is -3.96. The van der Waals surface area contributed by atoms with Crippen molar-refractivity contribution in [2.24, 2.45) is 10.9 Å².